The van der Waals surface area contributed by atoms with Gasteiger partial charge in [0.25, 0.3) is 0 Å². The lowest BCUT2D eigenvalue weighted by Crippen LogP contribution is -2.49. The Balaban J connectivity index is 0.00000243. The van der Waals surface area contributed by atoms with E-state index in [0.717, 1.165) is 32.1 Å². The van der Waals surface area contributed by atoms with Crippen molar-refractivity contribution in [2.45, 2.75) is 19.3 Å². The number of likely N-dealkylation sites (tertiary alicyclic amines) is 1. The summed E-state index contributed by atoms with van der Waals surface area (Å²) < 4.78 is 1.89. The molecule has 0 aromatic carbocycles. The predicted octanol–water partition coefficient (Wildman–Crippen LogP) is 1.04. The predicted molar refractivity (Wildman–Crippen MR) is 117 cm³/mol. The molecule has 1 N–H and O–H groups in total. The molecule has 0 radical (unpaired) electrons. The van der Waals surface area contributed by atoms with Gasteiger partial charge in [0.2, 0.25) is 0 Å². The molecule has 0 saturated carbocycles. The third-order valence-corrected chi connectivity index (χ3v) is 5.52. The first-order chi connectivity index (χ1) is 12.2. The van der Waals surface area contributed by atoms with Gasteiger partial charge in [0, 0.05) is 78.6 Å². The fourth-order valence-corrected chi connectivity index (χ4v) is 3.86. The number of aliphatic imine (C=N–C) groups is 1. The topological polar surface area (TPSA) is 51.9 Å². The average molecular weight is 475 g/mol. The smallest absolute Gasteiger partial charge is 0.193 e. The number of hydrogen-bond donors (Lipinski definition) is 1. The molecular weight excluding hydrogens is 441 g/mol. The summed E-state index contributed by atoms with van der Waals surface area (Å²) in [5.74, 6) is 1.60. The van der Waals surface area contributed by atoms with Crippen molar-refractivity contribution in [3.63, 3.8) is 0 Å². The van der Waals surface area contributed by atoms with Gasteiger partial charge in [-0.1, -0.05) is 6.92 Å². The Bertz CT molecular complexity index is 566. The normalized spacial score (nSPS) is 22.5. The quantitative estimate of drug-likeness (QED) is 0.392. The van der Waals surface area contributed by atoms with E-state index in [9.17, 15) is 0 Å². The average Bonchev–Trinajstić information content (AvgIpc) is 3.28. The lowest BCUT2D eigenvalue weighted by molar-refractivity contribution is 0.139. The second-order valence-corrected chi connectivity index (χ2v) is 7.13. The van der Waals surface area contributed by atoms with Gasteiger partial charge in [-0.2, -0.15) is 5.10 Å². The van der Waals surface area contributed by atoms with Crippen LogP contribution in [0.25, 0.3) is 0 Å². The molecule has 3 rings (SSSR count). The molecule has 1 aromatic heterocycles. The lowest BCUT2D eigenvalue weighted by Gasteiger charge is -2.34. The van der Waals surface area contributed by atoms with E-state index in [0.29, 0.717) is 5.92 Å². The number of aromatic nitrogens is 2. The maximum absolute atomic E-state index is 4.50. The standard InChI is InChI=1S/C18H33N7.HI/c1-4-23-9-11-24(12-10-23)8-6-20-18(19-2)25-7-5-16(15-25)17-13-21-22(3)14-17;/h13-14,16H,4-12,15H2,1-3H3,(H,19,20);1H. The Kier molecular flexibility index (Phi) is 8.62. The van der Waals surface area contributed by atoms with Gasteiger partial charge in [-0.15, -0.1) is 24.0 Å². The van der Waals surface area contributed by atoms with Gasteiger partial charge in [-0.05, 0) is 18.5 Å². The molecule has 2 fully saturated rings. The molecule has 1 unspecified atom stereocenters. The first-order valence-electron chi connectivity index (χ1n) is 9.58. The van der Waals surface area contributed by atoms with Gasteiger partial charge in [-0.3, -0.25) is 14.6 Å². The van der Waals surface area contributed by atoms with Gasteiger partial charge >= 0.3 is 0 Å². The molecule has 0 aliphatic carbocycles. The minimum Gasteiger partial charge on any atom is -0.355 e. The molecule has 0 bridgehead atoms. The molecular formula is C18H34IN7. The molecule has 2 saturated heterocycles. The highest BCUT2D eigenvalue weighted by molar-refractivity contribution is 14.0. The Morgan fingerprint density at radius 3 is 2.58 bits per heavy atom. The largest absolute Gasteiger partial charge is 0.355 e. The van der Waals surface area contributed by atoms with Crippen LogP contribution in [0.5, 0.6) is 0 Å². The number of piperazine rings is 1. The number of nitrogens with one attached hydrogen (secondary N) is 1. The zero-order valence-corrected chi connectivity index (χ0v) is 18.7. The van der Waals surface area contributed by atoms with Crippen LogP contribution in [0.3, 0.4) is 0 Å². The lowest BCUT2D eigenvalue weighted by atomic mass is 10.0. The monoisotopic (exact) mass is 475 g/mol. The third kappa shape index (κ3) is 5.56. The second-order valence-electron chi connectivity index (χ2n) is 7.13. The number of halogens is 1. The van der Waals surface area contributed by atoms with Gasteiger partial charge in [0.15, 0.2) is 5.96 Å². The highest BCUT2D eigenvalue weighted by atomic mass is 127. The van der Waals surface area contributed by atoms with Crippen molar-refractivity contribution in [2.75, 3.05) is 66.0 Å². The Morgan fingerprint density at radius 1 is 1.23 bits per heavy atom. The van der Waals surface area contributed by atoms with Crippen molar-refractivity contribution in [3.05, 3.63) is 18.0 Å². The number of likely N-dealkylation sites (N-methyl/N-ethyl adjacent to an activating group) is 1. The summed E-state index contributed by atoms with van der Waals surface area (Å²) in [4.78, 5) is 11.9. The van der Waals surface area contributed by atoms with Gasteiger partial charge < -0.3 is 15.1 Å². The first-order valence-corrected chi connectivity index (χ1v) is 9.58. The van der Waals surface area contributed by atoms with E-state index in [-0.39, 0.29) is 24.0 Å². The summed E-state index contributed by atoms with van der Waals surface area (Å²) in [5.41, 5.74) is 1.34. The van der Waals surface area contributed by atoms with Crippen molar-refractivity contribution in [1.82, 2.24) is 29.8 Å². The van der Waals surface area contributed by atoms with Crippen LogP contribution in [-0.4, -0.2) is 96.4 Å². The van der Waals surface area contributed by atoms with Crippen molar-refractivity contribution in [1.29, 1.82) is 0 Å². The van der Waals surface area contributed by atoms with Crippen LogP contribution in [-0.2, 0) is 7.05 Å². The second kappa shape index (κ2) is 10.5. The van der Waals surface area contributed by atoms with Gasteiger partial charge in [0.1, 0.15) is 0 Å². The maximum Gasteiger partial charge on any atom is 0.193 e. The minimum absolute atomic E-state index is 0. The van der Waals surface area contributed by atoms with Crippen LogP contribution in [0.15, 0.2) is 17.4 Å². The zero-order chi connectivity index (χ0) is 17.6. The summed E-state index contributed by atoms with van der Waals surface area (Å²) in [5, 5.41) is 7.87. The number of rotatable bonds is 5. The molecule has 148 valence electrons. The third-order valence-electron chi connectivity index (χ3n) is 5.52. The summed E-state index contributed by atoms with van der Waals surface area (Å²) in [6.45, 7) is 12.3. The van der Waals surface area contributed by atoms with Crippen LogP contribution in [0.2, 0.25) is 0 Å². The van der Waals surface area contributed by atoms with E-state index in [1.807, 2.05) is 25.0 Å². The number of guanidine groups is 1. The van der Waals surface area contributed by atoms with Crippen molar-refractivity contribution in [2.24, 2.45) is 12.0 Å². The fourth-order valence-electron chi connectivity index (χ4n) is 3.86. The fraction of sp³-hybridized carbons (Fsp3) is 0.778. The summed E-state index contributed by atoms with van der Waals surface area (Å²) in [7, 11) is 3.87. The van der Waals surface area contributed by atoms with E-state index in [1.54, 1.807) is 0 Å². The van der Waals surface area contributed by atoms with Crippen LogP contribution in [0, 0.1) is 0 Å². The molecule has 0 spiro atoms. The van der Waals surface area contributed by atoms with E-state index in [2.05, 4.69) is 43.2 Å². The summed E-state index contributed by atoms with van der Waals surface area (Å²) in [6, 6.07) is 0. The molecule has 2 aliphatic heterocycles. The van der Waals surface area contributed by atoms with Crippen LogP contribution in [0.1, 0.15) is 24.8 Å². The van der Waals surface area contributed by atoms with E-state index in [4.69, 9.17) is 0 Å². The molecule has 2 aliphatic rings. The van der Waals surface area contributed by atoms with E-state index < -0.39 is 0 Å². The summed E-state index contributed by atoms with van der Waals surface area (Å²) >= 11 is 0. The highest BCUT2D eigenvalue weighted by Crippen LogP contribution is 2.26. The van der Waals surface area contributed by atoms with E-state index in [1.165, 1.54) is 44.7 Å². The minimum atomic E-state index is 0. The maximum atomic E-state index is 4.50. The molecule has 0 amide bonds. The van der Waals surface area contributed by atoms with Gasteiger partial charge in [-0.25, -0.2) is 0 Å². The molecule has 7 nitrogen and oxygen atoms in total. The van der Waals surface area contributed by atoms with Gasteiger partial charge in [0.05, 0.1) is 6.20 Å². The van der Waals surface area contributed by atoms with Crippen LogP contribution in [0.4, 0.5) is 0 Å². The Hall–Kier alpha value is -0.870. The van der Waals surface area contributed by atoms with Crippen LogP contribution < -0.4 is 5.32 Å². The molecule has 1 aromatic rings. The van der Waals surface area contributed by atoms with Crippen molar-refractivity contribution < 1.29 is 0 Å². The first kappa shape index (κ1) is 21.4. The SMILES string of the molecule is CCN1CCN(CCNC(=NC)N2CCC(c3cnn(C)c3)C2)CC1.I. The molecule has 8 heteroatoms. The Labute approximate surface area is 174 Å². The number of hydrogen-bond acceptors (Lipinski definition) is 4. The summed E-state index contributed by atoms with van der Waals surface area (Å²) in [6.07, 6.45) is 5.31. The van der Waals surface area contributed by atoms with Crippen molar-refractivity contribution in [3.8, 4) is 0 Å². The number of aryl methyl sites for hydroxylation is 1. The highest BCUT2D eigenvalue weighted by Gasteiger charge is 2.27. The molecule has 1 atom stereocenters. The van der Waals surface area contributed by atoms with Crippen molar-refractivity contribution >= 4 is 29.9 Å². The number of nitrogens with zero attached hydrogens (tertiary/aromatic N) is 6. The zero-order valence-electron chi connectivity index (χ0n) is 16.4. The van der Waals surface area contributed by atoms with Crippen LogP contribution >= 0.6 is 24.0 Å². The Morgan fingerprint density at radius 2 is 1.96 bits per heavy atom. The molecule has 3 heterocycles. The van der Waals surface area contributed by atoms with E-state index >= 15 is 0 Å². The molecule has 26 heavy (non-hydrogen) atoms.